The zero-order valence-electron chi connectivity index (χ0n) is 13.5. The molecule has 2 atom stereocenters. The summed E-state index contributed by atoms with van der Waals surface area (Å²) in [6.07, 6.45) is 4.90. The number of carbonyl (C=O) groups excluding carboxylic acids is 1. The number of nitrogens with one attached hydrogen (secondary N) is 2. The van der Waals surface area contributed by atoms with Crippen LogP contribution >= 0.6 is 0 Å². The maximum absolute atomic E-state index is 12.4. The largest absolute Gasteiger partial charge is 0.326 e. The monoisotopic (exact) mass is 288 g/mol. The molecule has 1 saturated heterocycles. The maximum Gasteiger partial charge on any atom is 0.225 e. The standard InChI is InChI=1S/C18H28N2O/c1-4-14-9-6-10-15(5-2)18(14)20-17(21)12-16-13(3)8-7-11-19-16/h6,9-10,13,16,19H,4-5,7-8,11-12H2,1-3H3,(H,20,21). The van der Waals surface area contributed by atoms with Gasteiger partial charge in [0.05, 0.1) is 0 Å². The zero-order chi connectivity index (χ0) is 15.2. The van der Waals surface area contributed by atoms with Gasteiger partial charge in [0.1, 0.15) is 0 Å². The van der Waals surface area contributed by atoms with Gasteiger partial charge in [0, 0.05) is 18.2 Å². The van der Waals surface area contributed by atoms with Crippen molar-refractivity contribution in [2.75, 3.05) is 11.9 Å². The second kappa shape index (κ2) is 7.60. The van der Waals surface area contributed by atoms with E-state index in [0.29, 0.717) is 18.4 Å². The molecule has 0 bridgehead atoms. The molecule has 3 nitrogen and oxygen atoms in total. The summed E-state index contributed by atoms with van der Waals surface area (Å²) in [5.41, 5.74) is 3.50. The van der Waals surface area contributed by atoms with Crippen LogP contribution in [0.2, 0.25) is 0 Å². The van der Waals surface area contributed by atoms with E-state index in [1.54, 1.807) is 0 Å². The number of piperidine rings is 1. The van der Waals surface area contributed by atoms with E-state index in [2.05, 4.69) is 49.6 Å². The summed E-state index contributed by atoms with van der Waals surface area (Å²) in [4.78, 5) is 12.4. The lowest BCUT2D eigenvalue weighted by Gasteiger charge is -2.29. The van der Waals surface area contributed by atoms with Crippen LogP contribution in [-0.4, -0.2) is 18.5 Å². The summed E-state index contributed by atoms with van der Waals surface area (Å²) in [5, 5.41) is 6.65. The lowest BCUT2D eigenvalue weighted by Crippen LogP contribution is -2.42. The Kier molecular flexibility index (Phi) is 5.80. The molecule has 1 fully saturated rings. The van der Waals surface area contributed by atoms with Crippen molar-refractivity contribution >= 4 is 11.6 Å². The Morgan fingerprint density at radius 1 is 1.29 bits per heavy atom. The molecule has 21 heavy (non-hydrogen) atoms. The summed E-state index contributed by atoms with van der Waals surface area (Å²) < 4.78 is 0. The zero-order valence-corrected chi connectivity index (χ0v) is 13.5. The highest BCUT2D eigenvalue weighted by Crippen LogP contribution is 2.24. The van der Waals surface area contributed by atoms with Crippen molar-refractivity contribution in [1.29, 1.82) is 0 Å². The lowest BCUT2D eigenvalue weighted by atomic mass is 9.90. The molecular weight excluding hydrogens is 260 g/mol. The van der Waals surface area contributed by atoms with E-state index < -0.39 is 0 Å². The second-order valence-corrected chi connectivity index (χ2v) is 6.09. The molecule has 2 rings (SSSR count). The molecule has 2 unspecified atom stereocenters. The van der Waals surface area contributed by atoms with Crippen LogP contribution < -0.4 is 10.6 Å². The Labute approximate surface area is 128 Å². The molecule has 1 amide bonds. The first-order valence-electron chi connectivity index (χ1n) is 8.29. The van der Waals surface area contributed by atoms with Gasteiger partial charge in [0.25, 0.3) is 0 Å². The molecule has 2 N–H and O–H groups in total. The van der Waals surface area contributed by atoms with Crippen molar-refractivity contribution in [3.05, 3.63) is 29.3 Å². The fourth-order valence-electron chi connectivity index (χ4n) is 3.18. The molecular formula is C18H28N2O. The number of para-hydroxylation sites is 1. The van der Waals surface area contributed by atoms with Crippen molar-refractivity contribution in [3.8, 4) is 0 Å². The third-order valence-electron chi connectivity index (χ3n) is 4.60. The van der Waals surface area contributed by atoms with Gasteiger partial charge in [0.2, 0.25) is 5.91 Å². The van der Waals surface area contributed by atoms with Crippen molar-refractivity contribution in [1.82, 2.24) is 5.32 Å². The van der Waals surface area contributed by atoms with Gasteiger partial charge in [-0.1, -0.05) is 39.0 Å². The van der Waals surface area contributed by atoms with Crippen LogP contribution in [0.3, 0.4) is 0 Å². The van der Waals surface area contributed by atoms with Gasteiger partial charge in [0.15, 0.2) is 0 Å². The van der Waals surface area contributed by atoms with Gasteiger partial charge in [-0.15, -0.1) is 0 Å². The van der Waals surface area contributed by atoms with E-state index in [1.165, 1.54) is 24.0 Å². The number of rotatable bonds is 5. The molecule has 0 spiro atoms. The number of benzene rings is 1. The Bertz CT molecular complexity index is 462. The van der Waals surface area contributed by atoms with E-state index in [1.807, 2.05) is 0 Å². The quantitative estimate of drug-likeness (QED) is 0.870. The van der Waals surface area contributed by atoms with E-state index in [0.717, 1.165) is 25.1 Å². The van der Waals surface area contributed by atoms with Crippen LogP contribution in [0, 0.1) is 5.92 Å². The number of carbonyl (C=O) groups is 1. The molecule has 0 saturated carbocycles. The van der Waals surface area contributed by atoms with Crippen molar-refractivity contribution in [2.24, 2.45) is 5.92 Å². The SMILES string of the molecule is CCc1cccc(CC)c1NC(=O)CC1NCCCC1C. The Morgan fingerprint density at radius 3 is 2.52 bits per heavy atom. The minimum atomic E-state index is 0.136. The average molecular weight is 288 g/mol. The molecule has 116 valence electrons. The predicted octanol–water partition coefficient (Wildman–Crippen LogP) is 3.53. The van der Waals surface area contributed by atoms with Crippen LogP contribution in [0.5, 0.6) is 0 Å². The van der Waals surface area contributed by atoms with Gasteiger partial charge in [-0.05, 0) is 49.3 Å². The first-order chi connectivity index (χ1) is 10.2. The fraction of sp³-hybridized carbons (Fsp3) is 0.611. The van der Waals surface area contributed by atoms with Crippen LogP contribution in [-0.2, 0) is 17.6 Å². The molecule has 1 aromatic carbocycles. The van der Waals surface area contributed by atoms with E-state index >= 15 is 0 Å². The van der Waals surface area contributed by atoms with Gasteiger partial charge < -0.3 is 10.6 Å². The first kappa shape index (κ1) is 16.0. The minimum absolute atomic E-state index is 0.136. The molecule has 1 aromatic rings. The first-order valence-corrected chi connectivity index (χ1v) is 8.29. The number of aryl methyl sites for hydroxylation is 2. The van der Waals surface area contributed by atoms with Gasteiger partial charge in [-0.3, -0.25) is 4.79 Å². The van der Waals surface area contributed by atoms with Crippen LogP contribution in [0.15, 0.2) is 18.2 Å². The number of amides is 1. The molecule has 1 aliphatic heterocycles. The van der Waals surface area contributed by atoms with Gasteiger partial charge >= 0.3 is 0 Å². The molecule has 3 heteroatoms. The van der Waals surface area contributed by atoms with Crippen molar-refractivity contribution in [3.63, 3.8) is 0 Å². The van der Waals surface area contributed by atoms with E-state index in [9.17, 15) is 4.79 Å². The lowest BCUT2D eigenvalue weighted by molar-refractivity contribution is -0.117. The summed E-state index contributed by atoms with van der Waals surface area (Å²) >= 11 is 0. The third kappa shape index (κ3) is 4.07. The topological polar surface area (TPSA) is 41.1 Å². The third-order valence-corrected chi connectivity index (χ3v) is 4.60. The van der Waals surface area contributed by atoms with Crippen LogP contribution in [0.25, 0.3) is 0 Å². The predicted molar refractivity (Wildman–Crippen MR) is 88.6 cm³/mol. The summed E-state index contributed by atoms with van der Waals surface area (Å²) in [7, 11) is 0. The molecule has 1 heterocycles. The van der Waals surface area contributed by atoms with Crippen LogP contribution in [0.1, 0.15) is 51.2 Å². The highest BCUT2D eigenvalue weighted by Gasteiger charge is 2.23. The molecule has 1 aliphatic rings. The Hall–Kier alpha value is -1.35. The average Bonchev–Trinajstić information content (AvgIpc) is 2.49. The summed E-state index contributed by atoms with van der Waals surface area (Å²) in [6, 6.07) is 6.61. The smallest absolute Gasteiger partial charge is 0.225 e. The number of hydrogen-bond donors (Lipinski definition) is 2. The normalized spacial score (nSPS) is 22.0. The molecule has 0 aromatic heterocycles. The number of hydrogen-bond acceptors (Lipinski definition) is 2. The van der Waals surface area contributed by atoms with Gasteiger partial charge in [-0.25, -0.2) is 0 Å². The van der Waals surface area contributed by atoms with E-state index in [4.69, 9.17) is 0 Å². The van der Waals surface area contributed by atoms with E-state index in [-0.39, 0.29) is 5.91 Å². The second-order valence-electron chi connectivity index (χ2n) is 6.09. The highest BCUT2D eigenvalue weighted by molar-refractivity contribution is 5.92. The van der Waals surface area contributed by atoms with Crippen molar-refractivity contribution < 1.29 is 4.79 Å². The maximum atomic E-state index is 12.4. The van der Waals surface area contributed by atoms with Crippen LogP contribution in [0.4, 0.5) is 5.69 Å². The Balaban J connectivity index is 2.05. The van der Waals surface area contributed by atoms with Gasteiger partial charge in [-0.2, -0.15) is 0 Å². The summed E-state index contributed by atoms with van der Waals surface area (Å²) in [5.74, 6) is 0.716. The molecule has 0 aliphatic carbocycles. The van der Waals surface area contributed by atoms with Crippen molar-refractivity contribution in [2.45, 2.75) is 58.9 Å². The fourth-order valence-corrected chi connectivity index (χ4v) is 3.18. The minimum Gasteiger partial charge on any atom is -0.326 e. The summed E-state index contributed by atoms with van der Waals surface area (Å²) in [6.45, 7) is 7.54. The highest BCUT2D eigenvalue weighted by atomic mass is 16.1. The number of anilines is 1. The Morgan fingerprint density at radius 2 is 1.95 bits per heavy atom. The molecule has 0 radical (unpaired) electrons.